The van der Waals surface area contributed by atoms with Crippen LogP contribution in [-0.2, 0) is 0 Å². The second-order valence-electron chi connectivity index (χ2n) is 4.37. The van der Waals surface area contributed by atoms with Crippen molar-refractivity contribution >= 4 is 5.69 Å². The summed E-state index contributed by atoms with van der Waals surface area (Å²) in [5, 5.41) is 12.6. The monoisotopic (exact) mass is 215 g/mol. The van der Waals surface area contributed by atoms with E-state index in [2.05, 4.69) is 37.4 Å². The van der Waals surface area contributed by atoms with Crippen LogP contribution in [0.5, 0.6) is 5.75 Å². The van der Waals surface area contributed by atoms with E-state index in [9.17, 15) is 5.11 Å². The van der Waals surface area contributed by atoms with Gasteiger partial charge < -0.3 is 10.4 Å². The van der Waals surface area contributed by atoms with Gasteiger partial charge in [0, 0.05) is 17.5 Å². The highest BCUT2D eigenvalue weighted by molar-refractivity contribution is 5.54. The van der Waals surface area contributed by atoms with Crippen molar-refractivity contribution in [3.63, 3.8) is 0 Å². The fourth-order valence-corrected chi connectivity index (χ4v) is 1.75. The summed E-state index contributed by atoms with van der Waals surface area (Å²) in [6, 6.07) is 7.16. The average molecular weight is 215 g/mol. The van der Waals surface area contributed by atoms with Crippen LogP contribution in [0.25, 0.3) is 0 Å². The van der Waals surface area contributed by atoms with E-state index in [0.717, 1.165) is 11.4 Å². The molecule has 2 rings (SSSR count). The fraction of sp³-hybridized carbons (Fsp3) is 0.286. The number of hydrogen-bond acceptors (Lipinski definition) is 2. The van der Waals surface area contributed by atoms with Gasteiger partial charge in [-0.2, -0.15) is 0 Å². The number of benzene rings is 1. The molecule has 0 amide bonds. The molecule has 0 bridgehead atoms. The first-order valence-electron chi connectivity index (χ1n) is 5.61. The first-order valence-corrected chi connectivity index (χ1v) is 5.61. The Morgan fingerprint density at radius 1 is 1.19 bits per heavy atom. The number of hydrogen-bond donors (Lipinski definition) is 2. The van der Waals surface area contributed by atoms with E-state index in [1.165, 1.54) is 0 Å². The van der Waals surface area contributed by atoms with E-state index in [0.29, 0.717) is 11.8 Å². The zero-order valence-electron chi connectivity index (χ0n) is 9.64. The summed E-state index contributed by atoms with van der Waals surface area (Å²) in [4.78, 5) is 0. The summed E-state index contributed by atoms with van der Waals surface area (Å²) in [6.45, 7) is 4.42. The number of aromatic hydroxyl groups is 1. The molecule has 0 aromatic heterocycles. The molecule has 84 valence electrons. The van der Waals surface area contributed by atoms with Crippen LogP contribution < -0.4 is 5.32 Å². The van der Waals surface area contributed by atoms with Crippen molar-refractivity contribution in [1.29, 1.82) is 0 Å². The molecule has 1 aromatic carbocycles. The van der Waals surface area contributed by atoms with Crippen molar-refractivity contribution in [3.8, 4) is 5.75 Å². The van der Waals surface area contributed by atoms with E-state index in [1.807, 2.05) is 12.1 Å². The standard InChI is InChI=1S/C14H17NO/c1-10-6-7-13(8-11(10)2)15-12-4-3-5-14(16)9-12/h3-11,15-16H,1-2H3. The van der Waals surface area contributed by atoms with Crippen molar-refractivity contribution < 1.29 is 5.11 Å². The molecule has 0 saturated carbocycles. The third kappa shape index (κ3) is 2.45. The first kappa shape index (κ1) is 10.8. The molecule has 2 heteroatoms. The summed E-state index contributed by atoms with van der Waals surface area (Å²) < 4.78 is 0. The number of anilines is 1. The predicted octanol–water partition coefficient (Wildman–Crippen LogP) is 3.53. The topological polar surface area (TPSA) is 32.3 Å². The van der Waals surface area contributed by atoms with Gasteiger partial charge in [-0.15, -0.1) is 0 Å². The Labute approximate surface area is 96.3 Å². The zero-order valence-corrected chi connectivity index (χ0v) is 9.64. The van der Waals surface area contributed by atoms with E-state index < -0.39 is 0 Å². The Morgan fingerprint density at radius 3 is 2.69 bits per heavy atom. The molecule has 1 aliphatic carbocycles. The van der Waals surface area contributed by atoms with Gasteiger partial charge >= 0.3 is 0 Å². The van der Waals surface area contributed by atoms with Gasteiger partial charge in [-0.3, -0.25) is 0 Å². The molecule has 0 radical (unpaired) electrons. The first-order chi connectivity index (χ1) is 7.65. The number of phenols is 1. The Morgan fingerprint density at radius 2 is 2.00 bits per heavy atom. The largest absolute Gasteiger partial charge is 0.508 e. The van der Waals surface area contributed by atoms with E-state index in [4.69, 9.17) is 0 Å². The maximum Gasteiger partial charge on any atom is 0.117 e. The Balaban J connectivity index is 2.11. The van der Waals surface area contributed by atoms with Crippen LogP contribution in [0.2, 0.25) is 0 Å². The lowest BCUT2D eigenvalue weighted by molar-refractivity contribution is 0.475. The Kier molecular flexibility index (Phi) is 3.00. The second-order valence-corrected chi connectivity index (χ2v) is 4.37. The lowest BCUT2D eigenvalue weighted by Crippen LogP contribution is -2.10. The quantitative estimate of drug-likeness (QED) is 0.791. The Bertz CT molecular complexity index is 434. The highest BCUT2D eigenvalue weighted by atomic mass is 16.3. The maximum absolute atomic E-state index is 9.36. The molecule has 0 saturated heterocycles. The van der Waals surface area contributed by atoms with Crippen LogP contribution in [0.4, 0.5) is 5.69 Å². The van der Waals surface area contributed by atoms with Crippen LogP contribution in [0.1, 0.15) is 13.8 Å². The summed E-state index contributed by atoms with van der Waals surface area (Å²) in [5.41, 5.74) is 2.01. The summed E-state index contributed by atoms with van der Waals surface area (Å²) in [5.74, 6) is 1.42. The molecule has 0 fully saturated rings. The minimum atomic E-state index is 0.284. The molecule has 16 heavy (non-hydrogen) atoms. The van der Waals surface area contributed by atoms with Gasteiger partial charge in [0.15, 0.2) is 0 Å². The van der Waals surface area contributed by atoms with Crippen LogP contribution >= 0.6 is 0 Å². The highest BCUT2D eigenvalue weighted by Crippen LogP contribution is 2.24. The van der Waals surface area contributed by atoms with Crippen LogP contribution in [0, 0.1) is 11.8 Å². The lowest BCUT2D eigenvalue weighted by atomic mass is 9.90. The van der Waals surface area contributed by atoms with Gasteiger partial charge in [0.25, 0.3) is 0 Å². The van der Waals surface area contributed by atoms with Gasteiger partial charge in [0.2, 0.25) is 0 Å². The molecule has 1 aromatic rings. The highest BCUT2D eigenvalue weighted by Gasteiger charge is 2.11. The minimum absolute atomic E-state index is 0.284. The maximum atomic E-state index is 9.36. The summed E-state index contributed by atoms with van der Waals surface area (Å²) in [6.07, 6.45) is 6.51. The third-order valence-corrected chi connectivity index (χ3v) is 2.99. The number of rotatable bonds is 2. The summed E-state index contributed by atoms with van der Waals surface area (Å²) in [7, 11) is 0. The molecule has 0 aliphatic heterocycles. The minimum Gasteiger partial charge on any atom is -0.508 e. The van der Waals surface area contributed by atoms with Crippen molar-refractivity contribution in [3.05, 3.63) is 48.2 Å². The van der Waals surface area contributed by atoms with Crippen molar-refractivity contribution in [2.75, 3.05) is 5.32 Å². The molecule has 0 heterocycles. The molecule has 0 spiro atoms. The van der Waals surface area contributed by atoms with E-state index >= 15 is 0 Å². The van der Waals surface area contributed by atoms with Gasteiger partial charge in [-0.05, 0) is 30.0 Å². The number of allylic oxidation sites excluding steroid dienone is 3. The molecule has 2 nitrogen and oxygen atoms in total. The third-order valence-electron chi connectivity index (χ3n) is 2.99. The van der Waals surface area contributed by atoms with Crippen molar-refractivity contribution in [2.45, 2.75) is 13.8 Å². The van der Waals surface area contributed by atoms with E-state index in [1.54, 1.807) is 12.1 Å². The number of phenolic OH excluding ortho intramolecular Hbond substituents is 1. The second kappa shape index (κ2) is 4.44. The van der Waals surface area contributed by atoms with Crippen molar-refractivity contribution in [1.82, 2.24) is 0 Å². The average Bonchev–Trinajstić information content (AvgIpc) is 2.24. The smallest absolute Gasteiger partial charge is 0.117 e. The zero-order chi connectivity index (χ0) is 11.5. The van der Waals surface area contributed by atoms with Crippen molar-refractivity contribution in [2.24, 2.45) is 11.8 Å². The van der Waals surface area contributed by atoms with Crippen LogP contribution in [-0.4, -0.2) is 5.11 Å². The van der Waals surface area contributed by atoms with E-state index in [-0.39, 0.29) is 5.75 Å². The predicted molar refractivity (Wildman–Crippen MR) is 67.3 cm³/mol. The molecule has 2 atom stereocenters. The normalized spacial score (nSPS) is 24.0. The van der Waals surface area contributed by atoms with Gasteiger partial charge in [0.1, 0.15) is 5.75 Å². The van der Waals surface area contributed by atoms with Gasteiger partial charge in [-0.25, -0.2) is 0 Å². The van der Waals surface area contributed by atoms with Gasteiger partial charge in [-0.1, -0.05) is 32.1 Å². The molecule has 2 N–H and O–H groups in total. The summed E-state index contributed by atoms with van der Waals surface area (Å²) >= 11 is 0. The lowest BCUT2D eigenvalue weighted by Gasteiger charge is -2.20. The van der Waals surface area contributed by atoms with Gasteiger partial charge in [0.05, 0.1) is 0 Å². The SMILES string of the molecule is CC1C=CC(Nc2cccc(O)c2)=CC1C. The molecule has 1 aliphatic rings. The fourth-order valence-electron chi connectivity index (χ4n) is 1.75. The number of nitrogens with one attached hydrogen (secondary N) is 1. The van der Waals surface area contributed by atoms with Crippen LogP contribution in [0.15, 0.2) is 48.2 Å². The Hall–Kier alpha value is -1.70. The van der Waals surface area contributed by atoms with Crippen LogP contribution in [0.3, 0.4) is 0 Å². The molecular formula is C14H17NO. The molecule has 2 unspecified atom stereocenters. The molecular weight excluding hydrogens is 198 g/mol.